The van der Waals surface area contributed by atoms with E-state index in [2.05, 4.69) is 31.2 Å². The van der Waals surface area contributed by atoms with Gasteiger partial charge in [0.15, 0.2) is 0 Å². The summed E-state index contributed by atoms with van der Waals surface area (Å²) < 4.78 is 13.7. The van der Waals surface area contributed by atoms with Gasteiger partial charge in [-0.3, -0.25) is 0 Å². The predicted molar refractivity (Wildman–Crippen MR) is 75.2 cm³/mol. The molecule has 0 saturated carbocycles. The first-order chi connectivity index (χ1) is 8.65. The predicted octanol–water partition coefficient (Wildman–Crippen LogP) is 3.21. The standard InChI is InChI=1S/C15H25FN2/c1-4-15(13-9-5-6-10-14(13)16)17-11-7-8-12-18(2)3/h5-6,9-10,15,17H,4,7-8,11-12H2,1-3H3. The Kier molecular flexibility index (Phi) is 6.91. The Labute approximate surface area is 110 Å². The van der Waals surface area contributed by atoms with Crippen molar-refractivity contribution in [2.75, 3.05) is 27.2 Å². The second-order valence-electron chi connectivity index (χ2n) is 4.95. The van der Waals surface area contributed by atoms with Crippen molar-refractivity contribution in [1.82, 2.24) is 10.2 Å². The van der Waals surface area contributed by atoms with Gasteiger partial charge in [0, 0.05) is 11.6 Å². The van der Waals surface area contributed by atoms with E-state index in [0.29, 0.717) is 0 Å². The van der Waals surface area contributed by atoms with Crippen molar-refractivity contribution in [1.29, 1.82) is 0 Å². The number of nitrogens with one attached hydrogen (secondary N) is 1. The SMILES string of the molecule is CCC(NCCCCN(C)C)c1ccccc1F. The van der Waals surface area contributed by atoms with E-state index in [1.54, 1.807) is 6.07 Å². The van der Waals surface area contributed by atoms with Gasteiger partial charge in [-0.25, -0.2) is 4.39 Å². The fourth-order valence-electron chi connectivity index (χ4n) is 2.06. The molecule has 0 aromatic heterocycles. The number of hydrogen-bond donors (Lipinski definition) is 1. The normalized spacial score (nSPS) is 12.9. The minimum Gasteiger partial charge on any atom is -0.310 e. The molecule has 0 saturated heterocycles. The largest absolute Gasteiger partial charge is 0.310 e. The van der Waals surface area contributed by atoms with E-state index in [4.69, 9.17) is 0 Å². The van der Waals surface area contributed by atoms with E-state index >= 15 is 0 Å². The lowest BCUT2D eigenvalue weighted by molar-refractivity contribution is 0.386. The Bertz CT molecular complexity index is 339. The lowest BCUT2D eigenvalue weighted by Crippen LogP contribution is -2.23. The van der Waals surface area contributed by atoms with Crippen molar-refractivity contribution in [3.8, 4) is 0 Å². The van der Waals surface area contributed by atoms with Crippen molar-refractivity contribution < 1.29 is 4.39 Å². The first kappa shape index (κ1) is 15.1. The molecule has 2 nitrogen and oxygen atoms in total. The van der Waals surface area contributed by atoms with Crippen LogP contribution in [0.4, 0.5) is 4.39 Å². The highest BCUT2D eigenvalue weighted by atomic mass is 19.1. The molecule has 0 aliphatic carbocycles. The molecule has 0 aliphatic rings. The summed E-state index contributed by atoms with van der Waals surface area (Å²) in [6.45, 7) is 4.14. The second-order valence-corrected chi connectivity index (χ2v) is 4.95. The Morgan fingerprint density at radius 3 is 2.56 bits per heavy atom. The lowest BCUT2D eigenvalue weighted by atomic mass is 10.0. The Hall–Kier alpha value is -0.930. The van der Waals surface area contributed by atoms with Gasteiger partial charge in [0.2, 0.25) is 0 Å². The number of rotatable bonds is 8. The van der Waals surface area contributed by atoms with Crippen LogP contribution in [0.3, 0.4) is 0 Å². The first-order valence-electron chi connectivity index (χ1n) is 6.77. The minimum atomic E-state index is -0.106. The third kappa shape index (κ3) is 5.15. The number of unbranched alkanes of at least 4 members (excludes halogenated alkanes) is 1. The van der Waals surface area contributed by atoms with E-state index in [9.17, 15) is 4.39 Å². The van der Waals surface area contributed by atoms with E-state index in [1.165, 1.54) is 12.5 Å². The van der Waals surface area contributed by atoms with Crippen molar-refractivity contribution in [3.63, 3.8) is 0 Å². The highest BCUT2D eigenvalue weighted by Crippen LogP contribution is 2.19. The van der Waals surface area contributed by atoms with Crippen LogP contribution in [-0.2, 0) is 0 Å². The molecule has 0 bridgehead atoms. The van der Waals surface area contributed by atoms with E-state index in [1.807, 2.05) is 12.1 Å². The number of hydrogen-bond acceptors (Lipinski definition) is 2. The second kappa shape index (κ2) is 8.22. The van der Waals surface area contributed by atoms with Gasteiger partial charge >= 0.3 is 0 Å². The molecule has 1 atom stereocenters. The monoisotopic (exact) mass is 252 g/mol. The third-order valence-corrected chi connectivity index (χ3v) is 3.11. The molecule has 18 heavy (non-hydrogen) atoms. The maximum atomic E-state index is 13.7. The summed E-state index contributed by atoms with van der Waals surface area (Å²) in [5.41, 5.74) is 0.785. The summed E-state index contributed by atoms with van der Waals surface area (Å²) in [7, 11) is 4.17. The lowest BCUT2D eigenvalue weighted by Gasteiger charge is -2.18. The summed E-state index contributed by atoms with van der Waals surface area (Å²) in [6.07, 6.45) is 3.21. The minimum absolute atomic E-state index is 0.106. The molecule has 0 amide bonds. The van der Waals surface area contributed by atoms with Gasteiger partial charge in [0.05, 0.1) is 0 Å². The highest BCUT2D eigenvalue weighted by Gasteiger charge is 2.12. The van der Waals surface area contributed by atoms with Crippen molar-refractivity contribution >= 4 is 0 Å². The molecule has 3 heteroatoms. The molecule has 0 aliphatic heterocycles. The van der Waals surface area contributed by atoms with Crippen LogP contribution in [0.15, 0.2) is 24.3 Å². The van der Waals surface area contributed by atoms with E-state index in [-0.39, 0.29) is 11.9 Å². The average molecular weight is 252 g/mol. The summed E-state index contributed by atoms with van der Waals surface area (Å²) in [5.74, 6) is -0.106. The van der Waals surface area contributed by atoms with Crippen molar-refractivity contribution in [2.45, 2.75) is 32.2 Å². The maximum Gasteiger partial charge on any atom is 0.127 e. The van der Waals surface area contributed by atoms with Crippen LogP contribution >= 0.6 is 0 Å². The molecule has 102 valence electrons. The zero-order valence-electron chi connectivity index (χ0n) is 11.7. The van der Waals surface area contributed by atoms with E-state index in [0.717, 1.165) is 31.5 Å². The zero-order valence-corrected chi connectivity index (χ0v) is 11.7. The number of benzene rings is 1. The van der Waals surface area contributed by atoms with Crippen LogP contribution in [0.1, 0.15) is 37.8 Å². The molecule has 1 aromatic rings. The molecular weight excluding hydrogens is 227 g/mol. The maximum absolute atomic E-state index is 13.7. The summed E-state index contributed by atoms with van der Waals surface area (Å²) >= 11 is 0. The molecule has 0 spiro atoms. The quantitative estimate of drug-likeness (QED) is 0.715. The van der Waals surface area contributed by atoms with Gasteiger partial charge < -0.3 is 10.2 Å². The van der Waals surface area contributed by atoms with Gasteiger partial charge in [-0.05, 0) is 52.5 Å². The van der Waals surface area contributed by atoms with Crippen LogP contribution in [-0.4, -0.2) is 32.1 Å². The van der Waals surface area contributed by atoms with Crippen LogP contribution in [0, 0.1) is 5.82 Å². The van der Waals surface area contributed by atoms with Gasteiger partial charge in [0.1, 0.15) is 5.82 Å². The van der Waals surface area contributed by atoms with Gasteiger partial charge in [-0.15, -0.1) is 0 Å². The molecule has 0 fully saturated rings. The smallest absolute Gasteiger partial charge is 0.127 e. The van der Waals surface area contributed by atoms with Crippen LogP contribution < -0.4 is 5.32 Å². The first-order valence-corrected chi connectivity index (χ1v) is 6.77. The fraction of sp³-hybridized carbons (Fsp3) is 0.600. The van der Waals surface area contributed by atoms with Crippen molar-refractivity contribution in [3.05, 3.63) is 35.6 Å². The molecule has 1 aromatic carbocycles. The molecular formula is C15H25FN2. The fourth-order valence-corrected chi connectivity index (χ4v) is 2.06. The van der Waals surface area contributed by atoms with Gasteiger partial charge in [-0.1, -0.05) is 25.1 Å². The molecule has 0 radical (unpaired) electrons. The Morgan fingerprint density at radius 1 is 1.22 bits per heavy atom. The molecule has 0 heterocycles. The zero-order chi connectivity index (χ0) is 13.4. The topological polar surface area (TPSA) is 15.3 Å². The summed E-state index contributed by atoms with van der Waals surface area (Å²) in [5, 5.41) is 3.44. The van der Waals surface area contributed by atoms with E-state index < -0.39 is 0 Å². The molecule has 1 N–H and O–H groups in total. The Balaban J connectivity index is 2.36. The third-order valence-electron chi connectivity index (χ3n) is 3.11. The van der Waals surface area contributed by atoms with Crippen LogP contribution in [0.5, 0.6) is 0 Å². The highest BCUT2D eigenvalue weighted by molar-refractivity contribution is 5.20. The number of halogens is 1. The van der Waals surface area contributed by atoms with Gasteiger partial charge in [-0.2, -0.15) is 0 Å². The van der Waals surface area contributed by atoms with Crippen LogP contribution in [0.25, 0.3) is 0 Å². The molecule has 1 rings (SSSR count). The van der Waals surface area contributed by atoms with Gasteiger partial charge in [0.25, 0.3) is 0 Å². The number of nitrogens with zero attached hydrogens (tertiary/aromatic N) is 1. The van der Waals surface area contributed by atoms with Crippen LogP contribution in [0.2, 0.25) is 0 Å². The Morgan fingerprint density at radius 2 is 1.94 bits per heavy atom. The summed E-state index contributed by atoms with van der Waals surface area (Å²) in [6, 6.07) is 7.17. The van der Waals surface area contributed by atoms with Crippen molar-refractivity contribution in [2.24, 2.45) is 0 Å². The summed E-state index contributed by atoms with van der Waals surface area (Å²) in [4.78, 5) is 2.19. The average Bonchev–Trinajstić information content (AvgIpc) is 2.35. The molecule has 1 unspecified atom stereocenters.